The molecular weight excluding hydrogens is 356 g/mol. The van der Waals surface area contributed by atoms with Gasteiger partial charge in [-0.15, -0.1) is 0 Å². The molecule has 0 spiro atoms. The van der Waals surface area contributed by atoms with Gasteiger partial charge >= 0.3 is 0 Å². The van der Waals surface area contributed by atoms with Gasteiger partial charge in [0, 0.05) is 16.3 Å². The molecule has 0 unspecified atom stereocenters. The number of rotatable bonds is 4. The molecule has 1 heterocycles. The van der Waals surface area contributed by atoms with E-state index in [1.54, 1.807) is 6.07 Å². The summed E-state index contributed by atoms with van der Waals surface area (Å²) < 4.78 is 16.0. The van der Waals surface area contributed by atoms with Gasteiger partial charge in [-0.2, -0.15) is 0 Å². The normalized spacial score (nSPS) is 11.1. The van der Waals surface area contributed by atoms with E-state index in [1.807, 2.05) is 13.1 Å². The van der Waals surface area contributed by atoms with Crippen LogP contribution in [-0.2, 0) is 6.54 Å². The smallest absolute Gasteiger partial charge is 0.207 e. The Morgan fingerprint density at radius 3 is 2.79 bits per heavy atom. The minimum absolute atomic E-state index is 0.225. The Morgan fingerprint density at radius 2 is 2.16 bits per heavy atom. The third kappa shape index (κ3) is 3.68. The molecule has 0 bridgehead atoms. The third-order valence-electron chi connectivity index (χ3n) is 2.64. The molecule has 2 rings (SSSR count). The summed E-state index contributed by atoms with van der Waals surface area (Å²) >= 11 is 2.12. The fourth-order valence-corrected chi connectivity index (χ4v) is 2.50. The van der Waals surface area contributed by atoms with Gasteiger partial charge in [-0.1, -0.05) is 13.8 Å². The van der Waals surface area contributed by atoms with Crippen LogP contribution in [0.2, 0.25) is 0 Å². The zero-order valence-electron chi connectivity index (χ0n) is 11.2. The second-order valence-electron chi connectivity index (χ2n) is 5.00. The number of hydrogen-bond donors (Lipinski definition) is 1. The molecule has 1 N–H and O–H groups in total. The number of benzene rings is 1. The fraction of sp³-hybridized carbons (Fsp3) is 0.357. The topological polar surface area (TPSA) is 29.9 Å². The van der Waals surface area contributed by atoms with Crippen LogP contribution in [0.5, 0.6) is 0 Å². The summed E-state index contributed by atoms with van der Waals surface area (Å²) in [6, 6.07) is 4.69. The number of imidazole rings is 1. The van der Waals surface area contributed by atoms with Gasteiger partial charge in [0.2, 0.25) is 5.95 Å². The second-order valence-corrected chi connectivity index (χ2v) is 6.16. The van der Waals surface area contributed by atoms with Crippen LogP contribution < -0.4 is 5.32 Å². The van der Waals surface area contributed by atoms with Gasteiger partial charge in [0.25, 0.3) is 0 Å². The van der Waals surface area contributed by atoms with Crippen molar-refractivity contribution in [1.29, 1.82) is 0 Å². The molecule has 5 heteroatoms. The molecule has 19 heavy (non-hydrogen) atoms. The number of aromatic nitrogens is 2. The van der Waals surface area contributed by atoms with Crippen LogP contribution in [-0.4, -0.2) is 9.55 Å². The van der Waals surface area contributed by atoms with E-state index in [-0.39, 0.29) is 5.82 Å². The number of nitrogens with one attached hydrogen (secondary N) is 1. The van der Waals surface area contributed by atoms with Crippen LogP contribution in [0.4, 0.5) is 16.0 Å². The quantitative estimate of drug-likeness (QED) is 0.809. The maximum Gasteiger partial charge on any atom is 0.207 e. The minimum Gasteiger partial charge on any atom is -0.325 e. The Balaban J connectivity index is 2.27. The summed E-state index contributed by atoms with van der Waals surface area (Å²) in [5.41, 5.74) is 1.85. The highest BCUT2D eigenvalue weighted by molar-refractivity contribution is 14.1. The highest BCUT2D eigenvalue weighted by Crippen LogP contribution is 2.23. The number of anilines is 2. The van der Waals surface area contributed by atoms with Crippen molar-refractivity contribution in [1.82, 2.24) is 9.55 Å². The van der Waals surface area contributed by atoms with Gasteiger partial charge in [-0.25, -0.2) is 9.37 Å². The minimum atomic E-state index is -0.225. The Labute approximate surface area is 126 Å². The predicted molar refractivity (Wildman–Crippen MR) is 84.2 cm³/mol. The van der Waals surface area contributed by atoms with Gasteiger partial charge in [0.15, 0.2) is 0 Å². The van der Waals surface area contributed by atoms with E-state index >= 15 is 0 Å². The summed E-state index contributed by atoms with van der Waals surface area (Å²) in [7, 11) is 0. The maximum absolute atomic E-state index is 13.1. The Kier molecular flexibility index (Phi) is 4.44. The Morgan fingerprint density at radius 1 is 1.42 bits per heavy atom. The van der Waals surface area contributed by atoms with Crippen LogP contribution in [0.3, 0.4) is 0 Å². The van der Waals surface area contributed by atoms with E-state index < -0.39 is 0 Å². The fourth-order valence-electron chi connectivity index (χ4n) is 1.89. The van der Waals surface area contributed by atoms with E-state index in [0.29, 0.717) is 5.92 Å². The average Bonchev–Trinajstić information content (AvgIpc) is 2.62. The molecule has 0 fully saturated rings. The molecule has 0 aliphatic heterocycles. The zero-order valence-corrected chi connectivity index (χ0v) is 13.4. The van der Waals surface area contributed by atoms with Crippen molar-refractivity contribution in [2.45, 2.75) is 27.3 Å². The molecule has 2 aromatic rings. The van der Waals surface area contributed by atoms with Crippen molar-refractivity contribution in [3.8, 4) is 0 Å². The van der Waals surface area contributed by atoms with Crippen molar-refractivity contribution in [3.05, 3.63) is 39.5 Å². The van der Waals surface area contributed by atoms with Crippen molar-refractivity contribution in [3.63, 3.8) is 0 Å². The Hall–Kier alpha value is -1.11. The highest BCUT2D eigenvalue weighted by Gasteiger charge is 2.09. The van der Waals surface area contributed by atoms with Crippen molar-refractivity contribution in [2.75, 3.05) is 5.32 Å². The number of halogens is 2. The van der Waals surface area contributed by atoms with Crippen LogP contribution in [0.15, 0.2) is 24.4 Å². The van der Waals surface area contributed by atoms with Gasteiger partial charge in [-0.3, -0.25) is 0 Å². The van der Waals surface area contributed by atoms with Crippen LogP contribution in [0, 0.1) is 22.2 Å². The summed E-state index contributed by atoms with van der Waals surface area (Å²) in [5, 5.41) is 3.27. The van der Waals surface area contributed by atoms with E-state index in [1.165, 1.54) is 12.1 Å². The van der Waals surface area contributed by atoms with E-state index in [0.717, 1.165) is 27.4 Å². The molecule has 0 aliphatic rings. The standard InChI is InChI=1S/C14H17FIN3/c1-9(2)7-19-8-10(3)17-14(19)18-13-5-4-11(15)6-12(13)16/h4-6,8-9H,7H2,1-3H3,(H,17,18). The first kappa shape index (κ1) is 14.3. The molecule has 0 amide bonds. The summed E-state index contributed by atoms with van der Waals surface area (Å²) in [5.74, 6) is 1.12. The first-order valence-corrected chi connectivity index (χ1v) is 7.29. The third-order valence-corrected chi connectivity index (χ3v) is 3.53. The zero-order chi connectivity index (χ0) is 14.0. The molecule has 0 radical (unpaired) electrons. The largest absolute Gasteiger partial charge is 0.325 e. The maximum atomic E-state index is 13.1. The summed E-state index contributed by atoms with van der Waals surface area (Å²) in [6.45, 7) is 7.21. The van der Waals surface area contributed by atoms with Gasteiger partial charge < -0.3 is 9.88 Å². The first-order chi connectivity index (χ1) is 8.95. The molecule has 0 aliphatic carbocycles. The monoisotopic (exact) mass is 373 g/mol. The summed E-state index contributed by atoms with van der Waals surface area (Å²) in [4.78, 5) is 4.48. The molecule has 1 aromatic heterocycles. The molecule has 1 aromatic carbocycles. The van der Waals surface area contributed by atoms with Crippen molar-refractivity contribution in [2.24, 2.45) is 5.92 Å². The van der Waals surface area contributed by atoms with Crippen molar-refractivity contribution < 1.29 is 4.39 Å². The highest BCUT2D eigenvalue weighted by atomic mass is 127. The average molecular weight is 373 g/mol. The lowest BCUT2D eigenvalue weighted by Gasteiger charge is -2.12. The van der Waals surface area contributed by atoms with E-state index in [2.05, 4.69) is 51.3 Å². The first-order valence-electron chi connectivity index (χ1n) is 6.21. The number of aryl methyl sites for hydroxylation is 1. The second kappa shape index (κ2) is 5.90. The summed E-state index contributed by atoms with van der Waals surface area (Å²) in [6.07, 6.45) is 2.03. The molecular formula is C14H17FIN3. The van der Waals surface area contributed by atoms with Crippen molar-refractivity contribution >= 4 is 34.2 Å². The molecule has 3 nitrogen and oxygen atoms in total. The van der Waals surface area contributed by atoms with E-state index in [9.17, 15) is 4.39 Å². The lowest BCUT2D eigenvalue weighted by molar-refractivity contribution is 0.527. The van der Waals surface area contributed by atoms with Gasteiger partial charge in [-0.05, 0) is 53.6 Å². The molecule has 102 valence electrons. The van der Waals surface area contributed by atoms with E-state index in [4.69, 9.17) is 0 Å². The van der Waals surface area contributed by atoms with Crippen LogP contribution in [0.1, 0.15) is 19.5 Å². The number of hydrogen-bond acceptors (Lipinski definition) is 2. The lowest BCUT2D eigenvalue weighted by Crippen LogP contribution is -2.08. The molecule has 0 atom stereocenters. The van der Waals surface area contributed by atoms with Gasteiger partial charge in [0.1, 0.15) is 5.82 Å². The molecule has 0 saturated heterocycles. The molecule has 0 saturated carbocycles. The van der Waals surface area contributed by atoms with Gasteiger partial charge in [0.05, 0.1) is 11.4 Å². The lowest BCUT2D eigenvalue weighted by atomic mass is 10.2. The van der Waals surface area contributed by atoms with Crippen LogP contribution in [0.25, 0.3) is 0 Å². The van der Waals surface area contributed by atoms with Crippen LogP contribution >= 0.6 is 22.6 Å². The SMILES string of the molecule is Cc1cn(CC(C)C)c(Nc2ccc(F)cc2I)n1. The number of nitrogens with zero attached hydrogens (tertiary/aromatic N) is 2. The predicted octanol–water partition coefficient (Wildman–Crippen LogP) is 4.33. The Bertz CT molecular complexity index is 578.